The van der Waals surface area contributed by atoms with Crippen molar-refractivity contribution in [1.29, 1.82) is 5.26 Å². The summed E-state index contributed by atoms with van der Waals surface area (Å²) in [6.45, 7) is 6.48. The highest BCUT2D eigenvalue weighted by Gasteiger charge is 2.31. The summed E-state index contributed by atoms with van der Waals surface area (Å²) in [5.41, 5.74) is 0.899. The van der Waals surface area contributed by atoms with Gasteiger partial charge in [0, 0.05) is 13.0 Å². The molecule has 0 radical (unpaired) electrons. The predicted molar refractivity (Wildman–Crippen MR) is 87.3 cm³/mol. The molecule has 1 aromatic rings. The number of benzene rings is 1. The van der Waals surface area contributed by atoms with Crippen LogP contribution in [0.4, 0.5) is 0 Å². The lowest BCUT2D eigenvalue weighted by atomic mass is 9.91. The number of methoxy groups -OCH3 is 1. The lowest BCUT2D eigenvalue weighted by Gasteiger charge is -2.30. The Morgan fingerprint density at radius 2 is 1.87 bits per heavy atom. The first-order valence-electron chi connectivity index (χ1n) is 7.61. The second-order valence-corrected chi connectivity index (χ2v) is 6.65. The third-order valence-electron chi connectivity index (χ3n) is 3.58. The number of hydrogen-bond donors (Lipinski definition) is 0. The number of carbonyl (C=O) groups is 2. The van der Waals surface area contributed by atoms with Gasteiger partial charge in [-0.05, 0) is 17.4 Å². The molecule has 1 unspecified atom stereocenters. The third-order valence-corrected chi connectivity index (χ3v) is 3.58. The van der Waals surface area contributed by atoms with Gasteiger partial charge < -0.3 is 9.64 Å². The molecule has 5 heteroatoms. The van der Waals surface area contributed by atoms with E-state index in [-0.39, 0.29) is 5.41 Å². The van der Waals surface area contributed by atoms with Crippen LogP contribution in [-0.2, 0) is 20.7 Å². The van der Waals surface area contributed by atoms with Crippen molar-refractivity contribution >= 4 is 11.9 Å². The van der Waals surface area contributed by atoms with Crippen LogP contribution < -0.4 is 0 Å². The number of nitriles is 1. The number of rotatable bonds is 6. The Kier molecular flexibility index (Phi) is 6.77. The van der Waals surface area contributed by atoms with Gasteiger partial charge >= 0.3 is 11.9 Å². The van der Waals surface area contributed by atoms with Crippen molar-refractivity contribution in [2.45, 2.75) is 39.7 Å². The van der Waals surface area contributed by atoms with E-state index in [1.165, 1.54) is 12.0 Å². The van der Waals surface area contributed by atoms with Crippen LogP contribution in [0.1, 0.15) is 32.8 Å². The van der Waals surface area contributed by atoms with Crippen molar-refractivity contribution < 1.29 is 14.3 Å². The Morgan fingerprint density at radius 3 is 2.35 bits per heavy atom. The number of hydrogen-bond acceptors (Lipinski definition) is 4. The molecule has 1 atom stereocenters. The smallest absolute Gasteiger partial charge is 0.328 e. The largest absolute Gasteiger partial charge is 0.467 e. The van der Waals surface area contributed by atoms with E-state index >= 15 is 0 Å². The molecule has 0 fully saturated rings. The van der Waals surface area contributed by atoms with Gasteiger partial charge in [-0.3, -0.25) is 4.79 Å². The maximum absolute atomic E-state index is 12.2. The summed E-state index contributed by atoms with van der Waals surface area (Å²) >= 11 is 0. The molecule has 1 rings (SSSR count). The molecule has 0 aliphatic rings. The Labute approximate surface area is 137 Å². The summed E-state index contributed by atoms with van der Waals surface area (Å²) in [5.74, 6) is -1.22. The Bertz CT molecular complexity index is 570. The summed E-state index contributed by atoms with van der Waals surface area (Å²) in [7, 11) is 1.29. The van der Waals surface area contributed by atoms with Crippen LogP contribution >= 0.6 is 0 Å². The predicted octanol–water partition coefficient (Wildman–Crippen LogP) is 2.56. The topological polar surface area (TPSA) is 70.4 Å². The molecule has 23 heavy (non-hydrogen) atoms. The zero-order valence-electron chi connectivity index (χ0n) is 14.2. The molecule has 0 heterocycles. The van der Waals surface area contributed by atoms with E-state index < -0.39 is 17.9 Å². The fourth-order valence-corrected chi connectivity index (χ4v) is 2.21. The van der Waals surface area contributed by atoms with Crippen molar-refractivity contribution in [1.82, 2.24) is 4.90 Å². The van der Waals surface area contributed by atoms with Gasteiger partial charge in [0.2, 0.25) is 0 Å². The molecular formula is C18H24N2O3. The number of ether oxygens (including phenoxy) is 1. The van der Waals surface area contributed by atoms with E-state index in [9.17, 15) is 9.59 Å². The van der Waals surface area contributed by atoms with E-state index in [4.69, 9.17) is 10.00 Å². The standard InChI is InChI=1S/C18H24N2O3/c1-18(2,3)10-11-20(16(21)13-19)15(17(22)23-4)12-14-8-6-5-7-9-14/h5-9,15H,10-12H2,1-4H3. The molecule has 0 aliphatic heterocycles. The first-order chi connectivity index (χ1) is 10.8. The van der Waals surface area contributed by atoms with Crippen molar-refractivity contribution in [2.75, 3.05) is 13.7 Å². The van der Waals surface area contributed by atoms with Crippen molar-refractivity contribution in [2.24, 2.45) is 5.41 Å². The molecule has 5 nitrogen and oxygen atoms in total. The minimum atomic E-state index is -0.795. The maximum atomic E-state index is 12.2. The molecule has 0 saturated carbocycles. The van der Waals surface area contributed by atoms with Gasteiger partial charge in [0.25, 0.3) is 0 Å². The monoisotopic (exact) mass is 316 g/mol. The lowest BCUT2D eigenvalue weighted by Crippen LogP contribution is -2.47. The Hall–Kier alpha value is -2.35. The van der Waals surface area contributed by atoms with Gasteiger partial charge in [-0.1, -0.05) is 51.1 Å². The Morgan fingerprint density at radius 1 is 1.26 bits per heavy atom. The van der Waals surface area contributed by atoms with Gasteiger partial charge in [0.05, 0.1) is 7.11 Å². The molecule has 0 spiro atoms. The quantitative estimate of drug-likeness (QED) is 0.597. The molecule has 0 aromatic heterocycles. The van der Waals surface area contributed by atoms with E-state index in [1.807, 2.05) is 51.1 Å². The number of esters is 1. The average Bonchev–Trinajstić information content (AvgIpc) is 2.52. The number of carbonyl (C=O) groups excluding carboxylic acids is 2. The molecule has 1 amide bonds. The molecule has 124 valence electrons. The van der Waals surface area contributed by atoms with Gasteiger partial charge in [-0.25, -0.2) is 4.79 Å². The van der Waals surface area contributed by atoms with Crippen molar-refractivity contribution in [3.8, 4) is 6.07 Å². The highest BCUT2D eigenvalue weighted by Crippen LogP contribution is 2.21. The fraction of sp³-hybridized carbons (Fsp3) is 0.500. The van der Waals surface area contributed by atoms with Gasteiger partial charge in [-0.2, -0.15) is 5.26 Å². The summed E-state index contributed by atoms with van der Waals surface area (Å²) in [6.07, 6.45) is 1.01. The van der Waals surface area contributed by atoms with Crippen molar-refractivity contribution in [3.63, 3.8) is 0 Å². The molecular weight excluding hydrogens is 292 g/mol. The van der Waals surface area contributed by atoms with Crippen LogP contribution in [0.5, 0.6) is 0 Å². The maximum Gasteiger partial charge on any atom is 0.328 e. The first kappa shape index (κ1) is 18.7. The Balaban J connectivity index is 3.04. The fourth-order valence-electron chi connectivity index (χ4n) is 2.21. The molecule has 0 bridgehead atoms. The van der Waals surface area contributed by atoms with Gasteiger partial charge in [-0.15, -0.1) is 0 Å². The van der Waals surface area contributed by atoms with E-state index in [0.717, 1.165) is 5.56 Å². The summed E-state index contributed by atoms with van der Waals surface area (Å²) < 4.78 is 4.85. The SMILES string of the molecule is COC(=O)C(Cc1ccccc1)N(CCC(C)(C)C)C(=O)C#N. The van der Waals surface area contributed by atoms with Gasteiger partial charge in [0.1, 0.15) is 6.04 Å². The van der Waals surface area contributed by atoms with E-state index in [0.29, 0.717) is 19.4 Å². The van der Waals surface area contributed by atoms with Crippen LogP contribution in [-0.4, -0.2) is 36.5 Å². The highest BCUT2D eigenvalue weighted by atomic mass is 16.5. The van der Waals surface area contributed by atoms with Crippen molar-refractivity contribution in [3.05, 3.63) is 35.9 Å². The number of amides is 1. The van der Waals surface area contributed by atoms with Crippen LogP contribution in [0.2, 0.25) is 0 Å². The summed E-state index contributed by atoms with van der Waals surface area (Å²) in [4.78, 5) is 25.5. The minimum Gasteiger partial charge on any atom is -0.467 e. The molecule has 1 aromatic carbocycles. The van der Waals surface area contributed by atoms with Crippen LogP contribution in [0.15, 0.2) is 30.3 Å². The average molecular weight is 316 g/mol. The van der Waals surface area contributed by atoms with Crippen LogP contribution in [0.3, 0.4) is 0 Å². The zero-order chi connectivity index (χ0) is 17.5. The molecule has 0 N–H and O–H groups in total. The van der Waals surface area contributed by atoms with E-state index in [1.54, 1.807) is 6.07 Å². The van der Waals surface area contributed by atoms with Crippen LogP contribution in [0, 0.1) is 16.7 Å². The van der Waals surface area contributed by atoms with Gasteiger partial charge in [0.15, 0.2) is 6.07 Å². The van der Waals surface area contributed by atoms with Crippen LogP contribution in [0.25, 0.3) is 0 Å². The second kappa shape index (κ2) is 8.33. The minimum absolute atomic E-state index is 0.0125. The first-order valence-corrected chi connectivity index (χ1v) is 7.61. The number of nitrogens with zero attached hydrogens (tertiary/aromatic N) is 2. The zero-order valence-corrected chi connectivity index (χ0v) is 14.2. The molecule has 0 aliphatic carbocycles. The van der Waals surface area contributed by atoms with E-state index in [2.05, 4.69) is 0 Å². The normalized spacial score (nSPS) is 12.1. The third kappa shape index (κ3) is 6.11. The molecule has 0 saturated heterocycles. The highest BCUT2D eigenvalue weighted by molar-refractivity contribution is 5.94. The lowest BCUT2D eigenvalue weighted by molar-refractivity contribution is -0.151. The summed E-state index contributed by atoms with van der Waals surface area (Å²) in [6, 6.07) is 10.2. The second-order valence-electron chi connectivity index (χ2n) is 6.65. The summed E-state index contributed by atoms with van der Waals surface area (Å²) in [5, 5.41) is 9.01.